The second-order valence-electron chi connectivity index (χ2n) is 7.53. The third-order valence-corrected chi connectivity index (χ3v) is 5.47. The summed E-state index contributed by atoms with van der Waals surface area (Å²) in [7, 11) is 0. The van der Waals surface area contributed by atoms with Gasteiger partial charge in [0.05, 0.1) is 11.0 Å². The van der Waals surface area contributed by atoms with Gasteiger partial charge in [0.2, 0.25) is 0 Å². The zero-order chi connectivity index (χ0) is 23.4. The summed E-state index contributed by atoms with van der Waals surface area (Å²) in [6.07, 6.45) is 1.80. The van der Waals surface area contributed by atoms with Gasteiger partial charge in [-0.25, -0.2) is 8.78 Å². The lowest BCUT2D eigenvalue weighted by Gasteiger charge is -2.09. The molecular weight excluding hydrogens is 492 g/mol. The van der Waals surface area contributed by atoms with E-state index in [1.807, 2.05) is 31.2 Å². The Bertz CT molecular complexity index is 1290. The molecule has 4 aromatic rings. The summed E-state index contributed by atoms with van der Waals surface area (Å²) in [6.45, 7) is 2.63. The van der Waals surface area contributed by atoms with E-state index in [-0.39, 0.29) is 18.3 Å². The normalized spacial score (nSPS) is 10.8. The van der Waals surface area contributed by atoms with Gasteiger partial charge in [0.15, 0.2) is 17.4 Å². The van der Waals surface area contributed by atoms with Gasteiger partial charge in [0.1, 0.15) is 12.4 Å². The number of amides is 1. The van der Waals surface area contributed by atoms with Crippen molar-refractivity contribution in [3.05, 3.63) is 111 Å². The van der Waals surface area contributed by atoms with Crippen LogP contribution in [0.3, 0.4) is 0 Å². The van der Waals surface area contributed by atoms with Crippen LogP contribution in [0.1, 0.15) is 27.0 Å². The number of ether oxygens (including phenoxy) is 1. The van der Waals surface area contributed by atoms with Crippen LogP contribution in [0.25, 0.3) is 0 Å². The molecule has 3 aromatic carbocycles. The maximum atomic E-state index is 13.8. The summed E-state index contributed by atoms with van der Waals surface area (Å²) in [4.78, 5) is 12.8. The van der Waals surface area contributed by atoms with E-state index >= 15 is 0 Å². The van der Waals surface area contributed by atoms with Gasteiger partial charge in [-0.3, -0.25) is 9.48 Å². The number of carbonyl (C=O) groups is 1. The standard InChI is InChI=1S/C25H20BrF2N3O2/c1-16-5-7-17(8-6-16)13-31-14-21(26)24(30-31)29-25(32)19-4-2-3-18(11-19)15-33-23-10-9-20(27)12-22(23)28/h2-12,14H,13,15H2,1H3,(H,29,30,32). The Morgan fingerprint density at radius 2 is 1.85 bits per heavy atom. The molecule has 0 saturated heterocycles. The van der Waals surface area contributed by atoms with E-state index in [4.69, 9.17) is 4.74 Å². The molecule has 0 atom stereocenters. The molecule has 4 rings (SSSR count). The first-order valence-corrected chi connectivity index (χ1v) is 10.9. The maximum Gasteiger partial charge on any atom is 0.256 e. The smallest absolute Gasteiger partial charge is 0.256 e. The fourth-order valence-corrected chi connectivity index (χ4v) is 3.59. The highest BCUT2D eigenvalue weighted by molar-refractivity contribution is 9.10. The van der Waals surface area contributed by atoms with Crippen LogP contribution in [0.2, 0.25) is 0 Å². The van der Waals surface area contributed by atoms with E-state index in [1.54, 1.807) is 35.1 Å². The molecule has 0 radical (unpaired) electrons. The van der Waals surface area contributed by atoms with Gasteiger partial charge in [0.25, 0.3) is 5.91 Å². The van der Waals surface area contributed by atoms with Crippen LogP contribution in [-0.2, 0) is 13.2 Å². The molecule has 0 bridgehead atoms. The van der Waals surface area contributed by atoms with Crippen molar-refractivity contribution in [3.8, 4) is 5.75 Å². The van der Waals surface area contributed by atoms with E-state index < -0.39 is 11.6 Å². The number of nitrogens with one attached hydrogen (secondary N) is 1. The summed E-state index contributed by atoms with van der Waals surface area (Å²) >= 11 is 3.44. The van der Waals surface area contributed by atoms with Gasteiger partial charge < -0.3 is 10.1 Å². The monoisotopic (exact) mass is 511 g/mol. The molecule has 33 heavy (non-hydrogen) atoms. The van der Waals surface area contributed by atoms with E-state index in [0.29, 0.717) is 28.0 Å². The molecule has 8 heteroatoms. The predicted octanol–water partition coefficient (Wildman–Crippen LogP) is 6.11. The van der Waals surface area contributed by atoms with Gasteiger partial charge >= 0.3 is 0 Å². The van der Waals surface area contributed by atoms with Crippen LogP contribution in [0.5, 0.6) is 5.75 Å². The Kier molecular flexibility index (Phi) is 6.84. The molecule has 1 N–H and O–H groups in total. The first-order valence-electron chi connectivity index (χ1n) is 10.1. The van der Waals surface area contributed by atoms with Crippen LogP contribution in [0.15, 0.2) is 77.4 Å². The summed E-state index contributed by atoms with van der Waals surface area (Å²) < 4.78 is 34.6. The van der Waals surface area contributed by atoms with E-state index in [0.717, 1.165) is 17.7 Å². The van der Waals surface area contributed by atoms with Crippen molar-refractivity contribution >= 4 is 27.7 Å². The third-order valence-electron chi connectivity index (χ3n) is 4.89. The molecule has 1 aromatic heterocycles. The Morgan fingerprint density at radius 3 is 2.61 bits per heavy atom. The van der Waals surface area contributed by atoms with Gasteiger partial charge in [-0.1, -0.05) is 42.0 Å². The first kappa shape index (κ1) is 22.7. The Balaban J connectivity index is 1.41. The Labute approximate surface area is 198 Å². The molecule has 0 unspecified atom stereocenters. The van der Waals surface area contributed by atoms with Crippen LogP contribution in [0, 0.1) is 18.6 Å². The average molecular weight is 512 g/mol. The van der Waals surface area contributed by atoms with Crippen molar-refractivity contribution in [3.63, 3.8) is 0 Å². The molecule has 0 saturated carbocycles. The molecule has 1 heterocycles. The number of hydrogen-bond donors (Lipinski definition) is 1. The summed E-state index contributed by atoms with van der Waals surface area (Å²) in [5.74, 6) is -1.46. The van der Waals surface area contributed by atoms with Crippen molar-refractivity contribution in [1.29, 1.82) is 0 Å². The fraction of sp³-hybridized carbons (Fsp3) is 0.120. The molecule has 0 spiro atoms. The second-order valence-corrected chi connectivity index (χ2v) is 8.38. The number of rotatable bonds is 7. The molecule has 5 nitrogen and oxygen atoms in total. The number of carbonyl (C=O) groups excluding carboxylic acids is 1. The number of anilines is 1. The Hall–Kier alpha value is -3.52. The lowest BCUT2D eigenvalue weighted by Crippen LogP contribution is -2.13. The average Bonchev–Trinajstić information content (AvgIpc) is 3.13. The van der Waals surface area contributed by atoms with Gasteiger partial charge in [-0.05, 0) is 58.2 Å². The summed E-state index contributed by atoms with van der Waals surface area (Å²) in [6, 6.07) is 18.0. The number of aromatic nitrogens is 2. The van der Waals surface area contributed by atoms with Crippen molar-refractivity contribution in [2.24, 2.45) is 0 Å². The number of halogens is 3. The fourth-order valence-electron chi connectivity index (χ4n) is 3.18. The molecule has 1 amide bonds. The summed E-state index contributed by atoms with van der Waals surface area (Å²) in [5.41, 5.74) is 3.34. The zero-order valence-corrected chi connectivity index (χ0v) is 19.3. The lowest BCUT2D eigenvalue weighted by molar-refractivity contribution is 0.102. The highest BCUT2D eigenvalue weighted by Crippen LogP contribution is 2.23. The first-order chi connectivity index (χ1) is 15.9. The van der Waals surface area contributed by atoms with E-state index in [2.05, 4.69) is 26.3 Å². The number of benzene rings is 3. The number of aryl methyl sites for hydroxylation is 1. The van der Waals surface area contributed by atoms with Gasteiger partial charge in [-0.15, -0.1) is 0 Å². The number of hydrogen-bond acceptors (Lipinski definition) is 3. The predicted molar refractivity (Wildman–Crippen MR) is 125 cm³/mol. The minimum absolute atomic E-state index is 0.0263. The minimum Gasteiger partial charge on any atom is -0.486 e. The number of nitrogens with zero attached hydrogens (tertiary/aromatic N) is 2. The highest BCUT2D eigenvalue weighted by Gasteiger charge is 2.13. The SMILES string of the molecule is Cc1ccc(Cn2cc(Br)c(NC(=O)c3cccc(COc4ccc(F)cc4F)c3)n2)cc1. The highest BCUT2D eigenvalue weighted by atomic mass is 79.9. The molecule has 0 aliphatic rings. The van der Waals surface area contributed by atoms with Crippen molar-refractivity contribution < 1.29 is 18.3 Å². The molecular formula is C25H20BrF2N3O2. The van der Waals surface area contributed by atoms with Gasteiger partial charge in [-0.2, -0.15) is 5.10 Å². The van der Waals surface area contributed by atoms with E-state index in [9.17, 15) is 13.6 Å². The molecule has 0 fully saturated rings. The van der Waals surface area contributed by atoms with Crippen molar-refractivity contribution in [2.45, 2.75) is 20.1 Å². The van der Waals surface area contributed by atoms with Crippen LogP contribution in [0.4, 0.5) is 14.6 Å². The molecule has 0 aliphatic heterocycles. The Morgan fingerprint density at radius 1 is 1.06 bits per heavy atom. The zero-order valence-electron chi connectivity index (χ0n) is 17.7. The largest absolute Gasteiger partial charge is 0.486 e. The topological polar surface area (TPSA) is 56.2 Å². The van der Waals surface area contributed by atoms with E-state index in [1.165, 1.54) is 11.6 Å². The van der Waals surface area contributed by atoms with Gasteiger partial charge in [0, 0.05) is 17.8 Å². The minimum atomic E-state index is -0.782. The van der Waals surface area contributed by atoms with Crippen molar-refractivity contribution in [2.75, 3.05) is 5.32 Å². The maximum absolute atomic E-state index is 13.8. The summed E-state index contributed by atoms with van der Waals surface area (Å²) in [5, 5.41) is 7.25. The van der Waals surface area contributed by atoms with Crippen LogP contribution in [-0.4, -0.2) is 15.7 Å². The quantitative estimate of drug-likeness (QED) is 0.325. The van der Waals surface area contributed by atoms with Crippen LogP contribution >= 0.6 is 15.9 Å². The molecule has 0 aliphatic carbocycles. The third kappa shape index (κ3) is 5.84. The lowest BCUT2D eigenvalue weighted by atomic mass is 10.1. The van der Waals surface area contributed by atoms with Crippen LogP contribution < -0.4 is 10.1 Å². The van der Waals surface area contributed by atoms with Crippen molar-refractivity contribution in [1.82, 2.24) is 9.78 Å². The molecule has 168 valence electrons. The second kappa shape index (κ2) is 9.95.